The Morgan fingerprint density at radius 2 is 2.12 bits per heavy atom. The normalized spacial score (nSPS) is 12.3. The zero-order chi connectivity index (χ0) is 17.1. The van der Waals surface area contributed by atoms with E-state index >= 15 is 0 Å². The van der Waals surface area contributed by atoms with E-state index in [0.717, 1.165) is 34.1 Å². The van der Waals surface area contributed by atoms with E-state index in [4.69, 9.17) is 5.73 Å². The zero-order valence-electron chi connectivity index (χ0n) is 13.9. The van der Waals surface area contributed by atoms with Crippen molar-refractivity contribution in [1.29, 1.82) is 0 Å². The average Bonchev–Trinajstić information content (AvgIpc) is 2.93. The molecule has 1 unspecified atom stereocenters. The van der Waals surface area contributed by atoms with Gasteiger partial charge in [0.2, 0.25) is 5.91 Å². The summed E-state index contributed by atoms with van der Waals surface area (Å²) in [5.74, 6) is -0.190. The van der Waals surface area contributed by atoms with Crippen molar-refractivity contribution in [1.82, 2.24) is 20.1 Å². The Labute approximate surface area is 140 Å². The molecule has 3 rings (SSSR count). The van der Waals surface area contributed by atoms with Crippen molar-refractivity contribution in [2.24, 2.45) is 12.8 Å². The van der Waals surface area contributed by atoms with Crippen molar-refractivity contribution in [3.63, 3.8) is 0 Å². The monoisotopic (exact) mass is 323 g/mol. The van der Waals surface area contributed by atoms with Crippen LogP contribution in [0, 0.1) is 6.92 Å². The van der Waals surface area contributed by atoms with Gasteiger partial charge in [0.05, 0.1) is 11.7 Å². The Bertz CT molecular complexity index is 865. The number of benzene rings is 1. The number of nitrogens with one attached hydrogen (secondary N) is 1. The molecule has 1 aromatic carbocycles. The van der Waals surface area contributed by atoms with Gasteiger partial charge in [-0.3, -0.25) is 14.5 Å². The summed E-state index contributed by atoms with van der Waals surface area (Å²) in [5.41, 5.74) is 9.82. The van der Waals surface area contributed by atoms with Crippen LogP contribution in [0.1, 0.15) is 22.9 Å². The molecule has 1 amide bonds. The van der Waals surface area contributed by atoms with Crippen LogP contribution in [-0.2, 0) is 18.3 Å². The van der Waals surface area contributed by atoms with Gasteiger partial charge in [0.25, 0.3) is 0 Å². The number of pyridine rings is 1. The van der Waals surface area contributed by atoms with Gasteiger partial charge in [-0.1, -0.05) is 18.2 Å². The molecule has 24 heavy (non-hydrogen) atoms. The van der Waals surface area contributed by atoms with Gasteiger partial charge in [0, 0.05) is 36.4 Å². The molecule has 0 fully saturated rings. The summed E-state index contributed by atoms with van der Waals surface area (Å²) in [6, 6.07) is 9.28. The highest BCUT2D eigenvalue weighted by Crippen LogP contribution is 2.17. The SMILES string of the molecule is Cc1c(C(N)C(=O)NCCc2ccnc3ccccc23)cnn1C. The Morgan fingerprint density at radius 3 is 2.88 bits per heavy atom. The predicted molar refractivity (Wildman–Crippen MR) is 93.3 cm³/mol. The second-order valence-electron chi connectivity index (χ2n) is 5.81. The van der Waals surface area contributed by atoms with Gasteiger partial charge in [0.1, 0.15) is 6.04 Å². The summed E-state index contributed by atoms with van der Waals surface area (Å²) in [6.45, 7) is 2.43. The van der Waals surface area contributed by atoms with Crippen LogP contribution in [-0.4, -0.2) is 27.2 Å². The fraction of sp³-hybridized carbons (Fsp3) is 0.278. The third-order valence-corrected chi connectivity index (χ3v) is 4.32. The lowest BCUT2D eigenvalue weighted by atomic mass is 10.1. The first kappa shape index (κ1) is 16.1. The van der Waals surface area contributed by atoms with E-state index in [1.807, 2.05) is 44.3 Å². The lowest BCUT2D eigenvalue weighted by Gasteiger charge is -2.12. The van der Waals surface area contributed by atoms with Crippen LogP contribution in [0.2, 0.25) is 0 Å². The molecule has 6 heteroatoms. The Balaban J connectivity index is 1.63. The summed E-state index contributed by atoms with van der Waals surface area (Å²) in [5, 5.41) is 8.15. The third kappa shape index (κ3) is 3.14. The van der Waals surface area contributed by atoms with Crippen molar-refractivity contribution in [2.75, 3.05) is 6.54 Å². The van der Waals surface area contributed by atoms with Crippen molar-refractivity contribution in [2.45, 2.75) is 19.4 Å². The van der Waals surface area contributed by atoms with Crippen LogP contribution >= 0.6 is 0 Å². The van der Waals surface area contributed by atoms with Gasteiger partial charge >= 0.3 is 0 Å². The molecule has 2 heterocycles. The number of amides is 1. The maximum Gasteiger partial charge on any atom is 0.241 e. The van der Waals surface area contributed by atoms with Crippen LogP contribution in [0.5, 0.6) is 0 Å². The van der Waals surface area contributed by atoms with Crippen molar-refractivity contribution < 1.29 is 4.79 Å². The first-order chi connectivity index (χ1) is 11.6. The smallest absolute Gasteiger partial charge is 0.241 e. The van der Waals surface area contributed by atoms with Crippen LogP contribution in [0.25, 0.3) is 10.9 Å². The Morgan fingerprint density at radius 1 is 1.33 bits per heavy atom. The fourth-order valence-corrected chi connectivity index (χ4v) is 2.77. The largest absolute Gasteiger partial charge is 0.354 e. The molecule has 0 aliphatic heterocycles. The van der Waals surface area contributed by atoms with Crippen molar-refractivity contribution >= 4 is 16.8 Å². The van der Waals surface area contributed by atoms with Gasteiger partial charge in [-0.25, -0.2) is 0 Å². The minimum atomic E-state index is -0.701. The number of nitrogens with two attached hydrogens (primary N) is 1. The van der Waals surface area contributed by atoms with Crippen LogP contribution < -0.4 is 11.1 Å². The molecule has 0 aliphatic rings. The number of hydrogen-bond donors (Lipinski definition) is 2. The van der Waals surface area contributed by atoms with Gasteiger partial charge in [-0.2, -0.15) is 5.10 Å². The first-order valence-corrected chi connectivity index (χ1v) is 7.92. The molecule has 0 saturated carbocycles. The molecule has 0 bridgehead atoms. The van der Waals surface area contributed by atoms with Crippen LogP contribution in [0.4, 0.5) is 0 Å². The van der Waals surface area contributed by atoms with Gasteiger partial charge in [0.15, 0.2) is 0 Å². The number of aryl methyl sites for hydroxylation is 1. The maximum atomic E-state index is 12.3. The highest BCUT2D eigenvalue weighted by molar-refractivity contribution is 5.84. The second-order valence-corrected chi connectivity index (χ2v) is 5.81. The molecule has 3 N–H and O–H groups in total. The minimum absolute atomic E-state index is 0.190. The minimum Gasteiger partial charge on any atom is -0.354 e. The standard InChI is InChI=1S/C18H21N5O/c1-12-15(11-22-23(12)2)17(19)18(24)21-10-8-13-7-9-20-16-6-4-3-5-14(13)16/h3-7,9,11,17H,8,10,19H2,1-2H3,(H,21,24). The van der Waals surface area contributed by atoms with E-state index in [1.54, 1.807) is 17.1 Å². The number of hydrogen-bond acceptors (Lipinski definition) is 4. The number of fused-ring (bicyclic) bond motifs is 1. The second kappa shape index (κ2) is 6.80. The van der Waals surface area contributed by atoms with Crippen molar-refractivity contribution in [3.8, 4) is 0 Å². The molecule has 0 radical (unpaired) electrons. The lowest BCUT2D eigenvalue weighted by Crippen LogP contribution is -2.35. The highest BCUT2D eigenvalue weighted by atomic mass is 16.2. The number of carbonyl (C=O) groups excluding carboxylic acids is 1. The molecule has 124 valence electrons. The zero-order valence-corrected chi connectivity index (χ0v) is 13.9. The summed E-state index contributed by atoms with van der Waals surface area (Å²) in [6.07, 6.45) is 4.17. The number of para-hydroxylation sites is 1. The van der Waals surface area contributed by atoms with Gasteiger partial charge in [-0.05, 0) is 31.0 Å². The summed E-state index contributed by atoms with van der Waals surface area (Å²) >= 11 is 0. The maximum absolute atomic E-state index is 12.3. The van der Waals surface area contributed by atoms with E-state index < -0.39 is 6.04 Å². The van der Waals surface area contributed by atoms with Gasteiger partial charge in [-0.15, -0.1) is 0 Å². The molecule has 0 aliphatic carbocycles. The Kier molecular flexibility index (Phi) is 4.57. The summed E-state index contributed by atoms with van der Waals surface area (Å²) < 4.78 is 1.71. The lowest BCUT2D eigenvalue weighted by molar-refractivity contribution is -0.122. The number of rotatable bonds is 5. The van der Waals surface area contributed by atoms with E-state index in [0.29, 0.717) is 6.54 Å². The van der Waals surface area contributed by atoms with Crippen LogP contribution in [0.3, 0.4) is 0 Å². The summed E-state index contributed by atoms with van der Waals surface area (Å²) in [7, 11) is 1.83. The number of nitrogens with zero attached hydrogens (tertiary/aromatic N) is 3. The molecule has 0 spiro atoms. The molecule has 1 atom stereocenters. The fourth-order valence-electron chi connectivity index (χ4n) is 2.77. The molecule has 2 aromatic heterocycles. The summed E-state index contributed by atoms with van der Waals surface area (Å²) in [4.78, 5) is 16.6. The van der Waals surface area contributed by atoms with Gasteiger partial charge < -0.3 is 11.1 Å². The topological polar surface area (TPSA) is 85.8 Å². The quantitative estimate of drug-likeness (QED) is 0.747. The van der Waals surface area contributed by atoms with E-state index in [1.165, 1.54) is 0 Å². The molecular formula is C18H21N5O. The average molecular weight is 323 g/mol. The molecular weight excluding hydrogens is 302 g/mol. The highest BCUT2D eigenvalue weighted by Gasteiger charge is 2.19. The van der Waals surface area contributed by atoms with Crippen LogP contribution in [0.15, 0.2) is 42.7 Å². The molecule has 0 saturated heterocycles. The number of carbonyl (C=O) groups is 1. The number of aromatic nitrogens is 3. The van der Waals surface area contributed by atoms with Crippen molar-refractivity contribution in [3.05, 3.63) is 59.5 Å². The Hall–Kier alpha value is -2.73. The third-order valence-electron chi connectivity index (χ3n) is 4.32. The van der Waals surface area contributed by atoms with E-state index in [-0.39, 0.29) is 5.91 Å². The van der Waals surface area contributed by atoms with E-state index in [2.05, 4.69) is 15.4 Å². The molecule has 6 nitrogen and oxygen atoms in total. The van der Waals surface area contributed by atoms with E-state index in [9.17, 15) is 4.79 Å². The first-order valence-electron chi connectivity index (χ1n) is 7.92. The molecule has 3 aromatic rings. The predicted octanol–water partition coefficient (Wildman–Crippen LogP) is 1.64.